The van der Waals surface area contributed by atoms with Gasteiger partial charge in [-0.15, -0.1) is 0 Å². The summed E-state index contributed by atoms with van der Waals surface area (Å²) in [6, 6.07) is 11.2. The molecule has 0 fully saturated rings. The van der Waals surface area contributed by atoms with E-state index in [1.54, 1.807) is 41.6 Å². The highest BCUT2D eigenvalue weighted by Crippen LogP contribution is 2.48. The van der Waals surface area contributed by atoms with E-state index >= 15 is 0 Å². The summed E-state index contributed by atoms with van der Waals surface area (Å²) >= 11 is 0. The second-order valence-electron chi connectivity index (χ2n) is 9.49. The molecule has 9 heteroatoms. The van der Waals surface area contributed by atoms with Gasteiger partial charge in [0.2, 0.25) is 0 Å². The van der Waals surface area contributed by atoms with Gasteiger partial charge in [-0.3, -0.25) is 14.6 Å². The van der Waals surface area contributed by atoms with Crippen LogP contribution in [0.1, 0.15) is 42.7 Å². The highest BCUT2D eigenvalue weighted by atomic mass is 16.6. The van der Waals surface area contributed by atoms with E-state index in [0.29, 0.717) is 46.4 Å². The molecule has 0 saturated heterocycles. The topological polar surface area (TPSA) is 102 Å². The first-order chi connectivity index (χ1) is 18.9. The molecular formula is C30H35NO8. The van der Waals surface area contributed by atoms with Crippen molar-refractivity contribution in [2.24, 2.45) is 10.9 Å². The fourth-order valence-electron chi connectivity index (χ4n) is 5.43. The lowest BCUT2D eigenvalue weighted by molar-refractivity contribution is -0.147. The summed E-state index contributed by atoms with van der Waals surface area (Å²) < 4.78 is 32.4. The summed E-state index contributed by atoms with van der Waals surface area (Å²) in [4.78, 5) is 32.1. The molecule has 1 aliphatic carbocycles. The molecule has 0 spiro atoms. The second-order valence-corrected chi connectivity index (χ2v) is 9.49. The van der Waals surface area contributed by atoms with Crippen molar-refractivity contribution in [1.82, 2.24) is 0 Å². The van der Waals surface area contributed by atoms with Crippen LogP contribution in [0.2, 0.25) is 0 Å². The van der Waals surface area contributed by atoms with Crippen molar-refractivity contribution in [2.45, 2.75) is 31.6 Å². The number of benzene rings is 2. The Kier molecular flexibility index (Phi) is 8.91. The van der Waals surface area contributed by atoms with Crippen LogP contribution >= 0.6 is 0 Å². The van der Waals surface area contributed by atoms with Gasteiger partial charge in [-0.2, -0.15) is 0 Å². The highest BCUT2D eigenvalue weighted by molar-refractivity contribution is 6.09. The molecular weight excluding hydrogens is 502 g/mol. The molecule has 0 aromatic heterocycles. The SMILES string of the molecule is COCCOC(=O)C1C(C)=NC2=C(C(=O)C[C@@H](c3ccc(OC)c(OC)c3)C2)[C@H]1c1ccc(OC)c(OC)c1. The molecule has 0 N–H and O–H groups in total. The molecule has 208 valence electrons. The Bertz CT molecular complexity index is 1300. The lowest BCUT2D eigenvalue weighted by atomic mass is 9.69. The summed E-state index contributed by atoms with van der Waals surface area (Å²) in [5.74, 6) is 0.354. The maximum absolute atomic E-state index is 13.9. The van der Waals surface area contributed by atoms with Gasteiger partial charge < -0.3 is 28.4 Å². The third kappa shape index (κ3) is 5.63. The van der Waals surface area contributed by atoms with Gasteiger partial charge in [0.1, 0.15) is 12.5 Å². The lowest BCUT2D eigenvalue weighted by Crippen LogP contribution is -2.38. The van der Waals surface area contributed by atoms with Crippen LogP contribution in [-0.2, 0) is 19.1 Å². The van der Waals surface area contributed by atoms with E-state index in [1.165, 1.54) is 0 Å². The zero-order chi connectivity index (χ0) is 28.1. The third-order valence-electron chi connectivity index (χ3n) is 7.32. The molecule has 0 amide bonds. The molecule has 0 radical (unpaired) electrons. The van der Waals surface area contributed by atoms with E-state index in [9.17, 15) is 9.59 Å². The van der Waals surface area contributed by atoms with Crippen molar-refractivity contribution in [3.63, 3.8) is 0 Å². The van der Waals surface area contributed by atoms with Crippen LogP contribution in [0.3, 0.4) is 0 Å². The Hall–Kier alpha value is -3.85. The Morgan fingerprint density at radius 3 is 2.00 bits per heavy atom. The standard InChI is InChI=1S/C30H35NO8/c1-17-27(30(33)39-12-11-34-2)28(19-8-10-24(36-4)26(16-19)38-6)29-21(31-17)13-20(14-22(29)32)18-7-9-23(35-3)25(15-18)37-5/h7-10,15-16,20,27-28H,11-14H2,1-6H3/t20-,27?,28-/m0/s1. The van der Waals surface area contributed by atoms with Gasteiger partial charge in [0, 0.05) is 36.4 Å². The molecule has 9 nitrogen and oxygen atoms in total. The fraction of sp³-hybridized carbons (Fsp3) is 0.433. The van der Waals surface area contributed by atoms with Crippen molar-refractivity contribution in [3.8, 4) is 23.0 Å². The number of carbonyl (C=O) groups excluding carboxylic acids is 2. The van der Waals surface area contributed by atoms with Gasteiger partial charge in [-0.05, 0) is 54.7 Å². The van der Waals surface area contributed by atoms with Gasteiger partial charge in [0.15, 0.2) is 28.8 Å². The minimum Gasteiger partial charge on any atom is -0.493 e. The summed E-state index contributed by atoms with van der Waals surface area (Å²) in [5.41, 5.74) is 3.53. The quantitative estimate of drug-likeness (QED) is 0.323. The summed E-state index contributed by atoms with van der Waals surface area (Å²) in [7, 11) is 7.83. The molecule has 2 aliphatic rings. The van der Waals surface area contributed by atoms with Gasteiger partial charge >= 0.3 is 5.97 Å². The van der Waals surface area contributed by atoms with Crippen molar-refractivity contribution in [3.05, 3.63) is 58.8 Å². The molecule has 3 atom stereocenters. The number of aliphatic imine (C=N–C) groups is 1. The van der Waals surface area contributed by atoms with E-state index in [2.05, 4.69) is 0 Å². The monoisotopic (exact) mass is 537 g/mol. The molecule has 0 saturated carbocycles. The Labute approximate surface area is 228 Å². The first kappa shape index (κ1) is 28.2. The van der Waals surface area contributed by atoms with Crippen LogP contribution in [0.5, 0.6) is 23.0 Å². The number of hydrogen-bond donors (Lipinski definition) is 0. The molecule has 1 heterocycles. The number of methoxy groups -OCH3 is 5. The lowest BCUT2D eigenvalue weighted by Gasteiger charge is -2.36. The zero-order valence-electron chi connectivity index (χ0n) is 23.2. The molecule has 1 aliphatic heterocycles. The van der Waals surface area contributed by atoms with E-state index in [1.807, 2.05) is 37.3 Å². The smallest absolute Gasteiger partial charge is 0.315 e. The molecule has 2 aromatic carbocycles. The van der Waals surface area contributed by atoms with Crippen LogP contribution in [0.25, 0.3) is 0 Å². The van der Waals surface area contributed by atoms with Crippen molar-refractivity contribution < 1.29 is 38.0 Å². The number of allylic oxidation sites excluding steroid dienone is 2. The Morgan fingerprint density at radius 1 is 0.821 bits per heavy atom. The zero-order valence-corrected chi connectivity index (χ0v) is 23.2. The summed E-state index contributed by atoms with van der Waals surface area (Å²) in [6.07, 6.45) is 0.821. The second kappa shape index (κ2) is 12.3. The van der Waals surface area contributed by atoms with Crippen molar-refractivity contribution >= 4 is 17.5 Å². The maximum atomic E-state index is 13.9. The third-order valence-corrected chi connectivity index (χ3v) is 7.32. The summed E-state index contributed by atoms with van der Waals surface area (Å²) in [5, 5.41) is 0. The minimum atomic E-state index is -0.764. The first-order valence-corrected chi connectivity index (χ1v) is 12.8. The van der Waals surface area contributed by atoms with Gasteiger partial charge in [-0.1, -0.05) is 12.1 Å². The number of carbonyl (C=O) groups is 2. The number of esters is 1. The number of Topliss-reactive ketones (excluding diaryl/α,β-unsaturated/α-hetero) is 1. The molecule has 1 unspecified atom stereocenters. The Balaban J connectivity index is 1.78. The van der Waals surface area contributed by atoms with Crippen molar-refractivity contribution in [1.29, 1.82) is 0 Å². The summed E-state index contributed by atoms with van der Waals surface area (Å²) in [6.45, 7) is 2.19. The van der Waals surface area contributed by atoms with Crippen molar-refractivity contribution in [2.75, 3.05) is 48.8 Å². The normalized spacial score (nSPS) is 20.6. The van der Waals surface area contributed by atoms with E-state index in [-0.39, 0.29) is 31.3 Å². The minimum absolute atomic E-state index is 0.0539. The molecule has 0 bridgehead atoms. The van der Waals surface area contributed by atoms with E-state index in [4.69, 9.17) is 33.4 Å². The van der Waals surface area contributed by atoms with Crippen LogP contribution in [-0.4, -0.2) is 66.2 Å². The largest absolute Gasteiger partial charge is 0.493 e. The van der Waals surface area contributed by atoms with Crippen LogP contribution in [0, 0.1) is 5.92 Å². The van der Waals surface area contributed by atoms with Crippen LogP contribution in [0.15, 0.2) is 52.7 Å². The van der Waals surface area contributed by atoms with E-state index < -0.39 is 17.8 Å². The van der Waals surface area contributed by atoms with Gasteiger partial charge in [0.25, 0.3) is 0 Å². The number of nitrogens with zero attached hydrogens (tertiary/aromatic N) is 1. The molecule has 39 heavy (non-hydrogen) atoms. The number of hydrogen-bond acceptors (Lipinski definition) is 9. The fourth-order valence-corrected chi connectivity index (χ4v) is 5.43. The average molecular weight is 538 g/mol. The first-order valence-electron chi connectivity index (χ1n) is 12.8. The number of rotatable bonds is 10. The molecule has 2 aromatic rings. The van der Waals surface area contributed by atoms with Crippen LogP contribution in [0.4, 0.5) is 0 Å². The maximum Gasteiger partial charge on any atom is 0.315 e. The Morgan fingerprint density at radius 2 is 1.41 bits per heavy atom. The van der Waals surface area contributed by atoms with Crippen LogP contribution < -0.4 is 18.9 Å². The molecule has 4 rings (SSSR count). The average Bonchev–Trinajstić information content (AvgIpc) is 2.95. The van der Waals surface area contributed by atoms with Gasteiger partial charge in [0.05, 0.1) is 35.0 Å². The van der Waals surface area contributed by atoms with Gasteiger partial charge in [-0.25, -0.2) is 0 Å². The highest BCUT2D eigenvalue weighted by Gasteiger charge is 2.45. The number of ether oxygens (including phenoxy) is 6. The van der Waals surface area contributed by atoms with E-state index in [0.717, 1.165) is 11.1 Å². The predicted molar refractivity (Wildman–Crippen MR) is 145 cm³/mol. The predicted octanol–water partition coefficient (Wildman–Crippen LogP) is 4.49. The number of ketones is 1.